The zero-order valence-corrected chi connectivity index (χ0v) is 11.2. The van der Waals surface area contributed by atoms with Gasteiger partial charge >= 0.3 is 12.5 Å². The molecular formula is C13H15F2N3O3. The van der Waals surface area contributed by atoms with Crippen LogP contribution in [0.4, 0.5) is 8.78 Å². The minimum atomic E-state index is -2.80. The van der Waals surface area contributed by atoms with Crippen LogP contribution < -0.4 is 0 Å². The quantitative estimate of drug-likeness (QED) is 0.913. The maximum atomic E-state index is 12.5. The van der Waals surface area contributed by atoms with Crippen molar-refractivity contribution in [1.82, 2.24) is 14.7 Å². The third kappa shape index (κ3) is 2.62. The number of carboxylic acid groups (broad SMARTS) is 1. The molecule has 8 heteroatoms. The van der Waals surface area contributed by atoms with E-state index >= 15 is 0 Å². The van der Waals surface area contributed by atoms with E-state index in [1.165, 1.54) is 4.90 Å². The van der Waals surface area contributed by atoms with E-state index in [1.807, 2.05) is 0 Å². The van der Waals surface area contributed by atoms with Gasteiger partial charge in [0, 0.05) is 19.3 Å². The van der Waals surface area contributed by atoms with Gasteiger partial charge in [0.05, 0.1) is 17.7 Å². The lowest BCUT2D eigenvalue weighted by Crippen LogP contribution is -2.29. The molecule has 1 saturated carbocycles. The van der Waals surface area contributed by atoms with E-state index in [2.05, 4.69) is 5.10 Å². The first-order chi connectivity index (χ1) is 9.97. The molecule has 21 heavy (non-hydrogen) atoms. The number of halogens is 2. The SMILES string of the molecule is O=C(O)[C@@H]1CN(C(=O)c2cnn(C(F)F)c2)C[C@H]1C1CC1. The van der Waals surface area contributed by atoms with Gasteiger partial charge in [-0.15, -0.1) is 0 Å². The van der Waals surface area contributed by atoms with Crippen molar-refractivity contribution in [3.05, 3.63) is 18.0 Å². The molecule has 0 spiro atoms. The number of alkyl halides is 2. The molecule has 0 aromatic carbocycles. The van der Waals surface area contributed by atoms with Crippen LogP contribution in [0.5, 0.6) is 0 Å². The second-order valence-corrected chi connectivity index (χ2v) is 5.64. The van der Waals surface area contributed by atoms with Crippen molar-refractivity contribution in [3.8, 4) is 0 Å². The van der Waals surface area contributed by atoms with E-state index in [4.69, 9.17) is 0 Å². The molecule has 0 unspecified atom stereocenters. The summed E-state index contributed by atoms with van der Waals surface area (Å²) in [5.74, 6) is -1.56. The smallest absolute Gasteiger partial charge is 0.333 e. The Morgan fingerprint density at radius 2 is 2.05 bits per heavy atom. The van der Waals surface area contributed by atoms with E-state index in [1.54, 1.807) is 0 Å². The summed E-state index contributed by atoms with van der Waals surface area (Å²) < 4.78 is 25.3. The second-order valence-electron chi connectivity index (χ2n) is 5.64. The van der Waals surface area contributed by atoms with Crippen LogP contribution in [0.2, 0.25) is 0 Å². The topological polar surface area (TPSA) is 75.4 Å². The molecule has 1 aliphatic carbocycles. The summed E-state index contributed by atoms with van der Waals surface area (Å²) in [5, 5.41) is 12.7. The molecule has 6 nitrogen and oxygen atoms in total. The lowest BCUT2D eigenvalue weighted by atomic mass is 9.92. The largest absolute Gasteiger partial charge is 0.481 e. The fourth-order valence-electron chi connectivity index (χ4n) is 3.00. The van der Waals surface area contributed by atoms with Crippen LogP contribution in [-0.2, 0) is 4.79 Å². The maximum absolute atomic E-state index is 12.5. The molecule has 2 heterocycles. The molecule has 1 aromatic rings. The summed E-state index contributed by atoms with van der Waals surface area (Å²) in [6, 6.07) is 0. The fourth-order valence-corrected chi connectivity index (χ4v) is 3.00. The van der Waals surface area contributed by atoms with E-state index in [9.17, 15) is 23.5 Å². The van der Waals surface area contributed by atoms with Crippen LogP contribution >= 0.6 is 0 Å². The number of likely N-dealkylation sites (tertiary alicyclic amines) is 1. The Hall–Kier alpha value is -1.99. The lowest BCUT2D eigenvalue weighted by Gasteiger charge is -2.15. The highest BCUT2D eigenvalue weighted by atomic mass is 19.3. The van der Waals surface area contributed by atoms with E-state index in [0.717, 1.165) is 25.2 Å². The molecule has 1 saturated heterocycles. The molecule has 1 amide bonds. The van der Waals surface area contributed by atoms with Gasteiger partial charge in [-0.25, -0.2) is 4.68 Å². The maximum Gasteiger partial charge on any atom is 0.333 e. The number of amides is 1. The first-order valence-electron chi connectivity index (χ1n) is 6.81. The average Bonchev–Trinajstić information content (AvgIpc) is 3.01. The van der Waals surface area contributed by atoms with Gasteiger partial charge in [-0.3, -0.25) is 9.59 Å². The molecule has 1 aromatic heterocycles. The number of hydrogen-bond acceptors (Lipinski definition) is 3. The highest BCUT2D eigenvalue weighted by Gasteiger charge is 2.47. The minimum Gasteiger partial charge on any atom is -0.481 e. The predicted molar refractivity (Wildman–Crippen MR) is 66.7 cm³/mol. The normalized spacial score (nSPS) is 25.6. The Morgan fingerprint density at radius 1 is 1.33 bits per heavy atom. The monoisotopic (exact) mass is 299 g/mol. The molecule has 2 fully saturated rings. The number of aliphatic carboxylic acids is 1. The minimum absolute atomic E-state index is 0.0309. The second kappa shape index (κ2) is 5.09. The van der Waals surface area contributed by atoms with Crippen molar-refractivity contribution in [2.24, 2.45) is 17.8 Å². The summed E-state index contributed by atoms with van der Waals surface area (Å²) in [5.41, 5.74) is 0.0656. The molecule has 1 N–H and O–H groups in total. The third-order valence-electron chi connectivity index (χ3n) is 4.25. The van der Waals surface area contributed by atoms with E-state index in [-0.39, 0.29) is 18.0 Å². The van der Waals surface area contributed by atoms with Crippen LogP contribution in [0.3, 0.4) is 0 Å². The van der Waals surface area contributed by atoms with E-state index in [0.29, 0.717) is 17.1 Å². The zero-order valence-electron chi connectivity index (χ0n) is 11.2. The third-order valence-corrected chi connectivity index (χ3v) is 4.25. The summed E-state index contributed by atoms with van der Waals surface area (Å²) in [7, 11) is 0. The van der Waals surface area contributed by atoms with Crippen LogP contribution in [-0.4, -0.2) is 44.8 Å². The van der Waals surface area contributed by atoms with Crippen molar-refractivity contribution in [2.45, 2.75) is 19.4 Å². The van der Waals surface area contributed by atoms with Crippen molar-refractivity contribution in [2.75, 3.05) is 13.1 Å². The molecular weight excluding hydrogens is 284 g/mol. The molecule has 0 bridgehead atoms. The zero-order chi connectivity index (χ0) is 15.1. The van der Waals surface area contributed by atoms with Crippen LogP contribution in [0.15, 0.2) is 12.4 Å². The Bertz CT molecular complexity index is 571. The van der Waals surface area contributed by atoms with Gasteiger partial charge in [-0.1, -0.05) is 0 Å². The molecule has 3 rings (SSSR count). The van der Waals surface area contributed by atoms with Crippen molar-refractivity contribution < 1.29 is 23.5 Å². The number of carbonyl (C=O) groups excluding carboxylic acids is 1. The summed E-state index contributed by atoms with van der Waals surface area (Å²) in [6.07, 6.45) is 4.08. The Balaban J connectivity index is 1.74. The first-order valence-corrected chi connectivity index (χ1v) is 6.81. The van der Waals surface area contributed by atoms with Gasteiger partial charge in [0.2, 0.25) is 0 Å². The van der Waals surface area contributed by atoms with E-state index < -0.39 is 24.3 Å². The predicted octanol–water partition coefficient (Wildman–Crippen LogP) is 1.46. The highest BCUT2D eigenvalue weighted by molar-refractivity contribution is 5.94. The summed E-state index contributed by atoms with van der Waals surface area (Å²) in [4.78, 5) is 25.0. The summed E-state index contributed by atoms with van der Waals surface area (Å²) in [6.45, 7) is -2.29. The first kappa shape index (κ1) is 14.0. The van der Waals surface area contributed by atoms with Crippen molar-refractivity contribution in [3.63, 3.8) is 0 Å². The average molecular weight is 299 g/mol. The standard InChI is InChI=1S/C13H15F2N3O3/c14-13(15)18-4-8(3-16-18)11(19)17-5-9(7-1-2-7)10(6-17)12(20)21/h3-4,7,9-10,13H,1-2,5-6H2,(H,20,21)/t9-,10+/m0/s1. The van der Waals surface area contributed by atoms with Gasteiger partial charge in [0.1, 0.15) is 0 Å². The Labute approximate surface area is 119 Å². The van der Waals surface area contributed by atoms with Gasteiger partial charge in [-0.2, -0.15) is 13.9 Å². The Morgan fingerprint density at radius 3 is 2.57 bits per heavy atom. The lowest BCUT2D eigenvalue weighted by molar-refractivity contribution is -0.142. The van der Waals surface area contributed by atoms with Crippen molar-refractivity contribution >= 4 is 11.9 Å². The number of nitrogens with zero attached hydrogens (tertiary/aromatic N) is 3. The number of carboxylic acids is 1. The molecule has 2 atom stereocenters. The molecule has 1 aliphatic heterocycles. The summed E-state index contributed by atoms with van der Waals surface area (Å²) >= 11 is 0. The van der Waals surface area contributed by atoms with Gasteiger partial charge < -0.3 is 10.0 Å². The highest BCUT2D eigenvalue weighted by Crippen LogP contribution is 2.44. The molecule has 114 valence electrons. The van der Waals surface area contributed by atoms with Crippen LogP contribution in [0, 0.1) is 17.8 Å². The van der Waals surface area contributed by atoms with Gasteiger partial charge in [0.25, 0.3) is 5.91 Å². The van der Waals surface area contributed by atoms with Crippen LogP contribution in [0.25, 0.3) is 0 Å². The Kier molecular flexibility index (Phi) is 3.38. The number of aromatic nitrogens is 2. The number of carbonyl (C=O) groups is 2. The molecule has 2 aliphatic rings. The van der Waals surface area contributed by atoms with Gasteiger partial charge in [-0.05, 0) is 24.7 Å². The number of rotatable bonds is 4. The van der Waals surface area contributed by atoms with Gasteiger partial charge in [0.15, 0.2) is 0 Å². The fraction of sp³-hybridized carbons (Fsp3) is 0.615. The van der Waals surface area contributed by atoms with Crippen molar-refractivity contribution in [1.29, 1.82) is 0 Å². The number of hydrogen-bond donors (Lipinski definition) is 1. The van der Waals surface area contributed by atoms with Crippen LogP contribution in [0.1, 0.15) is 29.7 Å². The molecule has 0 radical (unpaired) electrons.